The van der Waals surface area contributed by atoms with Gasteiger partial charge in [0.15, 0.2) is 5.82 Å². The van der Waals surface area contributed by atoms with Crippen LogP contribution in [0.25, 0.3) is 0 Å². The van der Waals surface area contributed by atoms with E-state index in [0.29, 0.717) is 12.6 Å². The molecule has 6 heteroatoms. The van der Waals surface area contributed by atoms with Gasteiger partial charge in [0.1, 0.15) is 0 Å². The summed E-state index contributed by atoms with van der Waals surface area (Å²) in [5, 5.41) is 15.1. The lowest BCUT2D eigenvalue weighted by molar-refractivity contribution is -0.126. The summed E-state index contributed by atoms with van der Waals surface area (Å²) < 4.78 is 1.93. The van der Waals surface area contributed by atoms with Gasteiger partial charge in [-0.2, -0.15) is 0 Å². The molecule has 0 aromatic carbocycles. The molecule has 0 atom stereocenters. The number of aromatic nitrogens is 4. The Balaban J connectivity index is 1.55. The van der Waals surface area contributed by atoms with Gasteiger partial charge in [-0.05, 0) is 36.1 Å². The number of nitrogens with zero attached hydrogens (tertiary/aromatic N) is 4. The first kappa shape index (κ1) is 14.5. The van der Waals surface area contributed by atoms with Crippen LogP contribution in [-0.2, 0) is 11.3 Å². The third-order valence-corrected chi connectivity index (χ3v) is 4.88. The average molecular weight is 291 g/mol. The predicted octanol–water partition coefficient (Wildman–Crippen LogP) is 2.37. The molecule has 1 aromatic heterocycles. The molecular weight excluding hydrogens is 266 g/mol. The Hall–Kier alpha value is -1.46. The SMILES string of the molecule is O=C(NCc1nnnn1C1CCCCC1)C1CCCCC1. The van der Waals surface area contributed by atoms with Crippen LogP contribution in [0.3, 0.4) is 0 Å². The zero-order chi connectivity index (χ0) is 14.5. The fraction of sp³-hybridized carbons (Fsp3) is 0.867. The summed E-state index contributed by atoms with van der Waals surface area (Å²) in [5.41, 5.74) is 0. The summed E-state index contributed by atoms with van der Waals surface area (Å²) in [5.74, 6) is 1.16. The van der Waals surface area contributed by atoms with E-state index in [1.54, 1.807) is 0 Å². The van der Waals surface area contributed by atoms with E-state index in [-0.39, 0.29) is 11.8 Å². The Labute approximate surface area is 125 Å². The molecule has 0 aliphatic heterocycles. The molecular formula is C15H25N5O. The van der Waals surface area contributed by atoms with Crippen molar-refractivity contribution in [3.63, 3.8) is 0 Å². The molecule has 0 saturated heterocycles. The molecule has 3 rings (SSSR count). The van der Waals surface area contributed by atoms with E-state index in [1.165, 1.54) is 38.5 Å². The number of rotatable bonds is 4. The van der Waals surface area contributed by atoms with Crippen molar-refractivity contribution in [1.82, 2.24) is 25.5 Å². The minimum absolute atomic E-state index is 0.174. The van der Waals surface area contributed by atoms with Crippen molar-refractivity contribution >= 4 is 5.91 Å². The summed E-state index contributed by atoms with van der Waals surface area (Å²) in [4.78, 5) is 12.2. The van der Waals surface area contributed by atoms with Gasteiger partial charge in [0.05, 0.1) is 12.6 Å². The van der Waals surface area contributed by atoms with Gasteiger partial charge in [-0.25, -0.2) is 4.68 Å². The molecule has 2 aliphatic rings. The molecule has 1 amide bonds. The van der Waals surface area contributed by atoms with Gasteiger partial charge >= 0.3 is 0 Å². The summed E-state index contributed by atoms with van der Waals surface area (Å²) in [7, 11) is 0. The predicted molar refractivity (Wildman–Crippen MR) is 78.4 cm³/mol. The van der Waals surface area contributed by atoms with Crippen LogP contribution in [0.2, 0.25) is 0 Å². The standard InChI is InChI=1S/C15H25N5O/c21-15(12-7-3-1-4-8-12)16-11-14-17-18-19-20(14)13-9-5-2-6-10-13/h12-13H,1-11H2,(H,16,21). The van der Waals surface area contributed by atoms with Crippen LogP contribution in [0.5, 0.6) is 0 Å². The molecule has 2 aliphatic carbocycles. The number of carbonyl (C=O) groups is 1. The maximum absolute atomic E-state index is 12.2. The van der Waals surface area contributed by atoms with Gasteiger partial charge in [0.25, 0.3) is 0 Å². The Morgan fingerprint density at radius 2 is 1.71 bits per heavy atom. The second-order valence-electron chi connectivity index (χ2n) is 6.38. The van der Waals surface area contributed by atoms with Crippen LogP contribution in [0.15, 0.2) is 0 Å². The van der Waals surface area contributed by atoms with E-state index in [4.69, 9.17) is 0 Å². The average Bonchev–Trinajstić information content (AvgIpc) is 3.03. The molecule has 0 radical (unpaired) electrons. The number of nitrogens with one attached hydrogen (secondary N) is 1. The fourth-order valence-corrected chi connectivity index (χ4v) is 3.61. The third kappa shape index (κ3) is 3.60. The normalized spacial score (nSPS) is 21.3. The Kier molecular flexibility index (Phi) is 4.83. The largest absolute Gasteiger partial charge is 0.348 e. The zero-order valence-electron chi connectivity index (χ0n) is 12.6. The van der Waals surface area contributed by atoms with Gasteiger partial charge < -0.3 is 5.32 Å². The van der Waals surface area contributed by atoms with E-state index in [0.717, 1.165) is 31.5 Å². The van der Waals surface area contributed by atoms with Gasteiger partial charge in [-0.3, -0.25) is 4.79 Å². The highest BCUT2D eigenvalue weighted by Crippen LogP contribution is 2.28. The first-order valence-electron chi connectivity index (χ1n) is 8.39. The number of tetrazole rings is 1. The van der Waals surface area contributed by atoms with Gasteiger partial charge in [0, 0.05) is 5.92 Å². The molecule has 0 unspecified atom stereocenters. The first-order chi connectivity index (χ1) is 10.3. The molecule has 116 valence electrons. The lowest BCUT2D eigenvalue weighted by Crippen LogP contribution is -2.32. The lowest BCUT2D eigenvalue weighted by Gasteiger charge is -2.23. The van der Waals surface area contributed by atoms with Gasteiger partial charge in [-0.1, -0.05) is 38.5 Å². The second-order valence-corrected chi connectivity index (χ2v) is 6.38. The highest BCUT2D eigenvalue weighted by Gasteiger charge is 2.23. The van der Waals surface area contributed by atoms with Crippen molar-refractivity contribution < 1.29 is 4.79 Å². The highest BCUT2D eigenvalue weighted by molar-refractivity contribution is 5.78. The summed E-state index contributed by atoms with van der Waals surface area (Å²) in [6, 6.07) is 0.412. The topological polar surface area (TPSA) is 72.7 Å². The van der Waals surface area contributed by atoms with Crippen molar-refractivity contribution in [2.24, 2.45) is 5.92 Å². The highest BCUT2D eigenvalue weighted by atomic mass is 16.1. The maximum Gasteiger partial charge on any atom is 0.223 e. The van der Waals surface area contributed by atoms with Crippen molar-refractivity contribution in [2.45, 2.75) is 76.8 Å². The summed E-state index contributed by atoms with van der Waals surface area (Å²) >= 11 is 0. The smallest absolute Gasteiger partial charge is 0.223 e. The van der Waals surface area contributed by atoms with Crippen molar-refractivity contribution in [1.29, 1.82) is 0 Å². The van der Waals surface area contributed by atoms with Crippen molar-refractivity contribution in [2.75, 3.05) is 0 Å². The minimum Gasteiger partial charge on any atom is -0.348 e. The Morgan fingerprint density at radius 1 is 1.05 bits per heavy atom. The maximum atomic E-state index is 12.2. The molecule has 2 saturated carbocycles. The van der Waals surface area contributed by atoms with E-state index in [9.17, 15) is 4.79 Å². The van der Waals surface area contributed by atoms with E-state index in [1.807, 2.05) is 4.68 Å². The molecule has 1 N–H and O–H groups in total. The van der Waals surface area contributed by atoms with Crippen LogP contribution in [0.4, 0.5) is 0 Å². The van der Waals surface area contributed by atoms with Crippen LogP contribution < -0.4 is 5.32 Å². The molecule has 1 aromatic rings. The molecule has 21 heavy (non-hydrogen) atoms. The zero-order valence-corrected chi connectivity index (χ0v) is 12.6. The van der Waals surface area contributed by atoms with Gasteiger partial charge in [0.2, 0.25) is 5.91 Å². The molecule has 2 fully saturated rings. The Morgan fingerprint density at radius 3 is 2.43 bits per heavy atom. The summed E-state index contributed by atoms with van der Waals surface area (Å²) in [6.07, 6.45) is 11.8. The molecule has 0 bridgehead atoms. The quantitative estimate of drug-likeness (QED) is 0.924. The molecule has 6 nitrogen and oxygen atoms in total. The van der Waals surface area contributed by atoms with Crippen molar-refractivity contribution in [3.8, 4) is 0 Å². The third-order valence-electron chi connectivity index (χ3n) is 4.88. The van der Waals surface area contributed by atoms with E-state index in [2.05, 4.69) is 20.8 Å². The first-order valence-corrected chi connectivity index (χ1v) is 8.39. The number of hydrogen-bond donors (Lipinski definition) is 1. The monoisotopic (exact) mass is 291 g/mol. The van der Waals surface area contributed by atoms with Crippen molar-refractivity contribution in [3.05, 3.63) is 5.82 Å². The van der Waals surface area contributed by atoms with Crippen LogP contribution in [-0.4, -0.2) is 26.1 Å². The van der Waals surface area contributed by atoms with Crippen LogP contribution in [0.1, 0.15) is 76.1 Å². The fourth-order valence-electron chi connectivity index (χ4n) is 3.61. The lowest BCUT2D eigenvalue weighted by atomic mass is 9.89. The molecule has 1 heterocycles. The summed E-state index contributed by atoms with van der Waals surface area (Å²) in [6.45, 7) is 0.457. The molecule has 0 spiro atoms. The number of hydrogen-bond acceptors (Lipinski definition) is 4. The number of carbonyl (C=O) groups excluding carboxylic acids is 1. The Bertz CT molecular complexity index is 460. The van der Waals surface area contributed by atoms with E-state index >= 15 is 0 Å². The number of amides is 1. The van der Waals surface area contributed by atoms with Gasteiger partial charge in [-0.15, -0.1) is 5.10 Å². The van der Waals surface area contributed by atoms with E-state index < -0.39 is 0 Å². The van der Waals surface area contributed by atoms with Crippen LogP contribution >= 0.6 is 0 Å². The second kappa shape index (κ2) is 7.00. The van der Waals surface area contributed by atoms with Crippen LogP contribution in [0, 0.1) is 5.92 Å². The minimum atomic E-state index is 0.174.